The highest BCUT2D eigenvalue weighted by atomic mass is 35.5. The normalized spacial score (nSPS) is 28.9. The molecule has 0 radical (unpaired) electrons. The number of imide groups is 1. The number of rotatable bonds is 3. The van der Waals surface area contributed by atoms with Crippen molar-refractivity contribution in [2.75, 3.05) is 5.32 Å². The Hall–Kier alpha value is -3.22. The van der Waals surface area contributed by atoms with E-state index in [2.05, 4.69) is 5.32 Å². The summed E-state index contributed by atoms with van der Waals surface area (Å²) in [6.45, 7) is 1.48. The second-order valence-electron chi connectivity index (χ2n) is 9.19. The van der Waals surface area contributed by atoms with Crippen molar-refractivity contribution < 1.29 is 18.8 Å². The van der Waals surface area contributed by atoms with Gasteiger partial charge in [-0.1, -0.05) is 48.5 Å². The second-order valence-corrected chi connectivity index (χ2v) is 10.4. The van der Waals surface area contributed by atoms with Gasteiger partial charge in [0, 0.05) is 5.69 Å². The highest BCUT2D eigenvalue weighted by Gasteiger charge is 2.73. The molecular formula is C27H19Cl2FN2O3. The first-order chi connectivity index (χ1) is 16.7. The van der Waals surface area contributed by atoms with Crippen molar-refractivity contribution in [3.05, 3.63) is 101 Å². The smallest absolute Gasteiger partial charge is 0.247 e. The minimum Gasteiger partial charge on any atom is -0.324 e. The molecule has 3 aromatic rings. The average molecular weight is 509 g/mol. The molecule has 2 bridgehead atoms. The number of halogens is 3. The summed E-state index contributed by atoms with van der Waals surface area (Å²) in [6.07, 6.45) is 0. The number of carbonyl (C=O) groups is 3. The van der Waals surface area contributed by atoms with Crippen molar-refractivity contribution >= 4 is 46.6 Å². The van der Waals surface area contributed by atoms with E-state index < -0.39 is 51.2 Å². The summed E-state index contributed by atoms with van der Waals surface area (Å²) >= 11 is 14.8. The summed E-state index contributed by atoms with van der Waals surface area (Å²) in [4.78, 5) is 39.2. The molecule has 1 N–H and O–H groups in total. The number of anilines is 1. The number of hydrogen-bond donors (Lipinski definition) is 1. The maximum absolute atomic E-state index is 13.9. The summed E-state index contributed by atoms with van der Waals surface area (Å²) in [5.74, 6) is -4.04. The third kappa shape index (κ3) is 2.72. The van der Waals surface area contributed by atoms with Crippen LogP contribution in [0.25, 0.3) is 0 Å². The Labute approximate surface area is 210 Å². The summed E-state index contributed by atoms with van der Waals surface area (Å²) in [7, 11) is 0. The third-order valence-electron chi connectivity index (χ3n) is 7.50. The van der Waals surface area contributed by atoms with Crippen LogP contribution >= 0.6 is 23.2 Å². The average Bonchev–Trinajstić information content (AvgIpc) is 3.14. The predicted molar refractivity (Wildman–Crippen MR) is 129 cm³/mol. The van der Waals surface area contributed by atoms with Crippen molar-refractivity contribution in [2.45, 2.75) is 22.7 Å². The lowest BCUT2D eigenvalue weighted by Gasteiger charge is -2.54. The number of alkyl halides is 2. The van der Waals surface area contributed by atoms with Crippen molar-refractivity contribution in [3.8, 4) is 0 Å². The van der Waals surface area contributed by atoms with Crippen molar-refractivity contribution in [3.63, 3.8) is 0 Å². The lowest BCUT2D eigenvalue weighted by Crippen LogP contribution is -2.57. The minimum atomic E-state index is -1.30. The number of benzene rings is 3. The highest BCUT2D eigenvalue weighted by molar-refractivity contribution is 6.36. The quantitative estimate of drug-likeness (QED) is 0.410. The first kappa shape index (κ1) is 22.3. The van der Waals surface area contributed by atoms with Crippen LogP contribution in [0, 0.1) is 17.7 Å². The van der Waals surface area contributed by atoms with Gasteiger partial charge in [-0.25, -0.2) is 4.39 Å². The monoisotopic (exact) mass is 508 g/mol. The third-order valence-corrected chi connectivity index (χ3v) is 8.78. The zero-order valence-corrected chi connectivity index (χ0v) is 20.0. The van der Waals surface area contributed by atoms with Gasteiger partial charge < -0.3 is 5.32 Å². The van der Waals surface area contributed by atoms with Crippen molar-refractivity contribution in [1.82, 2.24) is 4.90 Å². The fraction of sp³-hybridized carbons (Fsp3) is 0.222. The zero-order chi connectivity index (χ0) is 24.7. The molecule has 0 aromatic heterocycles. The number of carbonyl (C=O) groups excluding carboxylic acids is 3. The molecule has 3 aromatic carbocycles. The van der Waals surface area contributed by atoms with Gasteiger partial charge in [0.05, 0.1) is 11.8 Å². The Morgan fingerprint density at radius 1 is 0.829 bits per heavy atom. The molecule has 1 fully saturated rings. The Morgan fingerprint density at radius 3 is 1.63 bits per heavy atom. The predicted octanol–water partition coefficient (Wildman–Crippen LogP) is 4.75. The zero-order valence-electron chi connectivity index (χ0n) is 18.5. The molecule has 3 aliphatic carbocycles. The second kappa shape index (κ2) is 7.39. The van der Waals surface area contributed by atoms with Crippen molar-refractivity contribution in [2.24, 2.45) is 11.8 Å². The standard InChI is InChI=1S/C27H19Cl2FN2O3/c1-14(23(33)31-16-12-10-15(30)11-13-16)32-24(34)21-22(25(32)35)27(29)18-7-3-2-6-17(18)26(21,28)19-8-4-5-9-20(19)27/h2-14,21-22H,1H3,(H,31,33)/t14-,21-,22-,26?,27?/m1/s1. The molecule has 1 aliphatic heterocycles. The molecule has 0 spiro atoms. The van der Waals surface area contributed by atoms with Crippen LogP contribution in [-0.4, -0.2) is 28.7 Å². The Morgan fingerprint density at radius 2 is 1.23 bits per heavy atom. The van der Waals surface area contributed by atoms with Crippen LogP contribution in [0.3, 0.4) is 0 Å². The summed E-state index contributed by atoms with van der Waals surface area (Å²) in [5.41, 5.74) is 3.14. The molecule has 5 nitrogen and oxygen atoms in total. The van der Waals surface area contributed by atoms with Crippen LogP contribution in [0.5, 0.6) is 0 Å². The molecule has 1 saturated heterocycles. The number of hydrogen-bond acceptors (Lipinski definition) is 3. The number of likely N-dealkylation sites (tertiary alicyclic amines) is 1. The fourth-order valence-electron chi connectivity index (χ4n) is 5.97. The molecule has 3 atom stereocenters. The van der Waals surface area contributed by atoms with Crippen LogP contribution in [-0.2, 0) is 24.1 Å². The van der Waals surface area contributed by atoms with Crippen LogP contribution in [0.15, 0.2) is 72.8 Å². The van der Waals surface area contributed by atoms with E-state index in [1.54, 1.807) is 0 Å². The Balaban J connectivity index is 1.45. The number of amides is 3. The van der Waals surface area contributed by atoms with Gasteiger partial charge in [0.2, 0.25) is 17.7 Å². The first-order valence-corrected chi connectivity index (χ1v) is 12.0. The molecule has 1 heterocycles. The van der Waals surface area contributed by atoms with Crippen LogP contribution in [0.2, 0.25) is 0 Å². The van der Waals surface area contributed by atoms with Gasteiger partial charge in [-0.2, -0.15) is 0 Å². The van der Waals surface area contributed by atoms with Gasteiger partial charge in [0.1, 0.15) is 21.6 Å². The fourth-order valence-corrected chi connectivity index (χ4v) is 7.07. The van der Waals surface area contributed by atoms with Gasteiger partial charge in [0.15, 0.2) is 0 Å². The molecule has 8 heteroatoms. The van der Waals surface area contributed by atoms with Crippen molar-refractivity contribution in [1.29, 1.82) is 0 Å². The lowest BCUT2D eigenvalue weighted by molar-refractivity contribution is -0.146. The molecule has 0 unspecified atom stereocenters. The molecular weight excluding hydrogens is 490 g/mol. The van der Waals surface area contributed by atoms with Gasteiger partial charge in [0.25, 0.3) is 0 Å². The van der Waals surface area contributed by atoms with Gasteiger partial charge in [-0.3, -0.25) is 19.3 Å². The van der Waals surface area contributed by atoms with Gasteiger partial charge in [-0.15, -0.1) is 23.2 Å². The van der Waals surface area contributed by atoms with E-state index in [-0.39, 0.29) is 0 Å². The van der Waals surface area contributed by atoms with Gasteiger partial charge in [-0.05, 0) is 53.4 Å². The first-order valence-electron chi connectivity index (χ1n) is 11.2. The molecule has 3 amide bonds. The van der Waals surface area contributed by atoms with E-state index >= 15 is 0 Å². The minimum absolute atomic E-state index is 0.349. The maximum atomic E-state index is 13.9. The Kier molecular flexibility index (Phi) is 4.70. The Bertz CT molecular complexity index is 1300. The maximum Gasteiger partial charge on any atom is 0.247 e. The highest BCUT2D eigenvalue weighted by Crippen LogP contribution is 2.69. The lowest BCUT2D eigenvalue weighted by atomic mass is 9.54. The largest absolute Gasteiger partial charge is 0.324 e. The summed E-state index contributed by atoms with van der Waals surface area (Å²) in [5, 5.41) is 2.64. The molecule has 7 rings (SSSR count). The van der Waals surface area contributed by atoms with Gasteiger partial charge >= 0.3 is 0 Å². The SMILES string of the molecule is C[C@H](C(=O)Nc1ccc(F)cc1)N1C(=O)[C@H]2[C@H](C1=O)C1(Cl)c3ccccc3C2(Cl)c2ccccc21. The summed E-state index contributed by atoms with van der Waals surface area (Å²) < 4.78 is 13.2. The van der Waals surface area contributed by atoms with E-state index in [4.69, 9.17) is 23.2 Å². The van der Waals surface area contributed by atoms with E-state index in [0.717, 1.165) is 4.90 Å². The van der Waals surface area contributed by atoms with E-state index in [0.29, 0.717) is 27.9 Å². The van der Waals surface area contributed by atoms with Crippen LogP contribution in [0.1, 0.15) is 29.2 Å². The van der Waals surface area contributed by atoms with E-state index in [1.807, 2.05) is 48.5 Å². The van der Waals surface area contributed by atoms with Crippen LogP contribution in [0.4, 0.5) is 10.1 Å². The molecule has 176 valence electrons. The number of nitrogens with zero attached hydrogens (tertiary/aromatic N) is 1. The molecule has 0 saturated carbocycles. The molecule has 35 heavy (non-hydrogen) atoms. The molecule has 4 aliphatic rings. The topological polar surface area (TPSA) is 66.5 Å². The summed E-state index contributed by atoms with van der Waals surface area (Å²) in [6, 6.07) is 18.8. The number of nitrogens with one attached hydrogen (secondary N) is 1. The van der Waals surface area contributed by atoms with Crippen LogP contribution < -0.4 is 5.32 Å². The van der Waals surface area contributed by atoms with E-state index in [9.17, 15) is 18.8 Å². The van der Waals surface area contributed by atoms with E-state index in [1.165, 1.54) is 31.2 Å².